The van der Waals surface area contributed by atoms with Crippen LogP contribution in [0.3, 0.4) is 0 Å². The van der Waals surface area contributed by atoms with Gasteiger partial charge in [0, 0.05) is 5.92 Å². The average molecular weight is 414 g/mol. The summed E-state index contributed by atoms with van der Waals surface area (Å²) in [6.45, 7) is 8.18. The molecule has 0 saturated heterocycles. The number of nitrogens with one attached hydrogen (secondary N) is 1. The second-order valence-corrected chi connectivity index (χ2v) is 9.53. The van der Waals surface area contributed by atoms with Crippen molar-refractivity contribution in [1.29, 1.82) is 0 Å². The van der Waals surface area contributed by atoms with E-state index in [1.165, 1.54) is 46.1 Å². The molecule has 7 heteroatoms. The summed E-state index contributed by atoms with van der Waals surface area (Å²) < 4.78 is 4.62. The van der Waals surface area contributed by atoms with E-state index in [-0.39, 0.29) is 17.3 Å². The van der Waals surface area contributed by atoms with Gasteiger partial charge in [-0.15, -0.1) is 0 Å². The third-order valence-electron chi connectivity index (χ3n) is 6.64. The van der Waals surface area contributed by atoms with Crippen LogP contribution in [0.25, 0.3) is 0 Å². The quantitative estimate of drug-likeness (QED) is 0.474. The fourth-order valence-electron chi connectivity index (χ4n) is 4.60. The van der Waals surface area contributed by atoms with Gasteiger partial charge in [0.25, 0.3) is 0 Å². The molecule has 0 heterocycles. The Morgan fingerprint density at radius 3 is 2.17 bits per heavy atom. The standard InChI is InChI=1S/C22H39NO6/c1-15(24)18(20(28)29-5)23-19(27)16(14-17(25)26)10-9-13-22(21(2,3)4)11-7-6-8-12-22/h15-16,18,24H,6-14H2,1-5H3,(H,23,27)(H,25,26). The van der Waals surface area contributed by atoms with Crippen molar-refractivity contribution in [3.8, 4) is 0 Å². The molecule has 0 spiro atoms. The van der Waals surface area contributed by atoms with E-state index in [0.29, 0.717) is 6.42 Å². The summed E-state index contributed by atoms with van der Waals surface area (Å²) in [5, 5.41) is 21.5. The van der Waals surface area contributed by atoms with Gasteiger partial charge < -0.3 is 20.3 Å². The van der Waals surface area contributed by atoms with Gasteiger partial charge in [0.1, 0.15) is 0 Å². The van der Waals surface area contributed by atoms with Crippen molar-refractivity contribution >= 4 is 17.8 Å². The normalized spacial score (nSPS) is 19.7. The van der Waals surface area contributed by atoms with Gasteiger partial charge in [-0.25, -0.2) is 4.79 Å². The zero-order valence-electron chi connectivity index (χ0n) is 18.6. The van der Waals surface area contributed by atoms with Gasteiger partial charge >= 0.3 is 11.9 Å². The van der Waals surface area contributed by atoms with Crippen LogP contribution < -0.4 is 5.32 Å². The number of aliphatic hydroxyl groups excluding tert-OH is 1. The first-order valence-electron chi connectivity index (χ1n) is 10.7. The Hall–Kier alpha value is -1.63. The summed E-state index contributed by atoms with van der Waals surface area (Å²) in [6.07, 6.45) is 6.72. The predicted octanol–water partition coefficient (Wildman–Crippen LogP) is 3.28. The van der Waals surface area contributed by atoms with Crippen molar-refractivity contribution in [3.63, 3.8) is 0 Å². The van der Waals surface area contributed by atoms with Gasteiger partial charge in [-0.2, -0.15) is 0 Å². The Labute approximate surface area is 174 Å². The highest BCUT2D eigenvalue weighted by atomic mass is 16.5. The summed E-state index contributed by atoms with van der Waals surface area (Å²) in [5.41, 5.74) is 0.365. The van der Waals surface area contributed by atoms with E-state index >= 15 is 0 Å². The smallest absolute Gasteiger partial charge is 0.331 e. The fourth-order valence-corrected chi connectivity index (χ4v) is 4.60. The van der Waals surface area contributed by atoms with Gasteiger partial charge in [-0.1, -0.05) is 46.5 Å². The van der Waals surface area contributed by atoms with Crippen molar-refractivity contribution < 1.29 is 29.3 Å². The molecule has 1 aliphatic carbocycles. The molecule has 1 aliphatic rings. The lowest BCUT2D eigenvalue weighted by molar-refractivity contribution is -0.149. The summed E-state index contributed by atoms with van der Waals surface area (Å²) in [4.78, 5) is 35.8. The minimum absolute atomic E-state index is 0.153. The van der Waals surface area contributed by atoms with Crippen molar-refractivity contribution in [2.24, 2.45) is 16.7 Å². The zero-order chi connectivity index (χ0) is 22.2. The number of hydrogen-bond acceptors (Lipinski definition) is 5. The first-order chi connectivity index (χ1) is 13.4. The average Bonchev–Trinajstić information content (AvgIpc) is 2.63. The monoisotopic (exact) mass is 413 g/mol. The second-order valence-electron chi connectivity index (χ2n) is 9.53. The van der Waals surface area contributed by atoms with Crippen molar-refractivity contribution in [2.75, 3.05) is 7.11 Å². The molecule has 3 N–H and O–H groups in total. The molecule has 0 radical (unpaired) electrons. The number of methoxy groups -OCH3 is 1. The lowest BCUT2D eigenvalue weighted by atomic mass is 9.57. The topological polar surface area (TPSA) is 113 Å². The molecule has 1 fully saturated rings. The van der Waals surface area contributed by atoms with Crippen LogP contribution in [0.5, 0.6) is 0 Å². The summed E-state index contributed by atoms with van der Waals surface area (Å²) in [5.74, 6) is -3.09. The minimum Gasteiger partial charge on any atom is -0.481 e. The largest absolute Gasteiger partial charge is 0.481 e. The van der Waals surface area contributed by atoms with Gasteiger partial charge in [0.15, 0.2) is 6.04 Å². The molecule has 7 nitrogen and oxygen atoms in total. The molecular weight excluding hydrogens is 374 g/mol. The van der Waals surface area contributed by atoms with Crippen LogP contribution in [0, 0.1) is 16.7 Å². The highest BCUT2D eigenvalue weighted by molar-refractivity contribution is 5.88. The number of aliphatic carboxylic acids is 1. The number of carboxylic acids is 1. The molecule has 1 saturated carbocycles. The number of esters is 1. The van der Waals surface area contributed by atoms with E-state index in [1.54, 1.807) is 0 Å². The first-order valence-corrected chi connectivity index (χ1v) is 10.7. The Bertz CT molecular complexity index is 560. The van der Waals surface area contributed by atoms with Crippen molar-refractivity contribution in [3.05, 3.63) is 0 Å². The number of hydrogen-bond donors (Lipinski definition) is 3. The number of carbonyl (C=O) groups is 3. The molecular formula is C22H39NO6. The summed E-state index contributed by atoms with van der Waals surface area (Å²) in [7, 11) is 1.18. The van der Waals surface area contributed by atoms with Crippen LogP contribution in [-0.4, -0.2) is 47.3 Å². The Morgan fingerprint density at radius 2 is 1.72 bits per heavy atom. The van der Waals surface area contributed by atoms with Crippen molar-refractivity contribution in [1.82, 2.24) is 5.32 Å². The minimum atomic E-state index is -1.21. The number of rotatable bonds is 10. The van der Waals surface area contributed by atoms with Gasteiger partial charge in [-0.3, -0.25) is 9.59 Å². The Morgan fingerprint density at radius 1 is 1.14 bits per heavy atom. The molecule has 0 aromatic carbocycles. The van der Waals surface area contributed by atoms with Gasteiger partial charge in [0.2, 0.25) is 5.91 Å². The number of amides is 1. The van der Waals surface area contributed by atoms with E-state index in [2.05, 4.69) is 30.8 Å². The van der Waals surface area contributed by atoms with E-state index in [0.717, 1.165) is 12.8 Å². The zero-order valence-corrected chi connectivity index (χ0v) is 18.6. The van der Waals surface area contributed by atoms with E-state index in [9.17, 15) is 24.6 Å². The lowest BCUT2D eigenvalue weighted by Gasteiger charge is -2.48. The van der Waals surface area contributed by atoms with Crippen LogP contribution >= 0.6 is 0 Å². The molecule has 0 aliphatic heterocycles. The summed E-state index contributed by atoms with van der Waals surface area (Å²) >= 11 is 0. The van der Waals surface area contributed by atoms with Crippen LogP contribution in [0.15, 0.2) is 0 Å². The number of carboxylic acid groups (broad SMARTS) is 1. The molecule has 168 valence electrons. The maximum atomic E-state index is 12.7. The third kappa shape index (κ3) is 7.28. The maximum absolute atomic E-state index is 12.7. The van der Waals surface area contributed by atoms with Crippen LogP contribution in [0.2, 0.25) is 0 Å². The predicted molar refractivity (Wildman–Crippen MR) is 110 cm³/mol. The maximum Gasteiger partial charge on any atom is 0.331 e. The first kappa shape index (κ1) is 25.4. The SMILES string of the molecule is COC(=O)C(NC(=O)C(CCCC1(C(C)(C)C)CCCCC1)CC(=O)O)C(C)O. The van der Waals surface area contributed by atoms with Crippen LogP contribution in [0.4, 0.5) is 0 Å². The molecule has 3 unspecified atom stereocenters. The molecule has 1 amide bonds. The summed E-state index contributed by atoms with van der Waals surface area (Å²) in [6, 6.07) is -1.21. The van der Waals surface area contributed by atoms with E-state index in [1.807, 2.05) is 0 Å². The number of ether oxygens (including phenoxy) is 1. The van der Waals surface area contributed by atoms with Crippen LogP contribution in [-0.2, 0) is 19.1 Å². The molecule has 1 rings (SSSR count). The van der Waals surface area contributed by atoms with Gasteiger partial charge in [0.05, 0.1) is 19.6 Å². The highest BCUT2D eigenvalue weighted by Gasteiger charge is 2.42. The molecule has 0 aromatic rings. The van der Waals surface area contributed by atoms with E-state index in [4.69, 9.17) is 0 Å². The number of carbonyl (C=O) groups excluding carboxylic acids is 2. The van der Waals surface area contributed by atoms with Crippen LogP contribution in [0.1, 0.15) is 85.5 Å². The molecule has 0 aromatic heterocycles. The Kier molecular flexibility index (Phi) is 9.59. The van der Waals surface area contributed by atoms with Gasteiger partial charge in [-0.05, 0) is 43.4 Å². The second kappa shape index (κ2) is 11.0. The lowest BCUT2D eigenvalue weighted by Crippen LogP contribution is -2.50. The molecule has 0 bridgehead atoms. The molecule has 29 heavy (non-hydrogen) atoms. The highest BCUT2D eigenvalue weighted by Crippen LogP contribution is 2.52. The number of aliphatic hydroxyl groups is 1. The fraction of sp³-hybridized carbons (Fsp3) is 0.864. The Balaban J connectivity index is 2.81. The third-order valence-corrected chi connectivity index (χ3v) is 6.64. The van der Waals surface area contributed by atoms with E-state index < -0.39 is 35.9 Å². The molecule has 3 atom stereocenters. The van der Waals surface area contributed by atoms with Crippen molar-refractivity contribution in [2.45, 2.75) is 97.6 Å².